The van der Waals surface area contributed by atoms with Crippen LogP contribution >= 0.6 is 11.3 Å². The topological polar surface area (TPSA) is 16.4 Å². The van der Waals surface area contributed by atoms with Crippen LogP contribution in [0.4, 0.5) is 17.1 Å². The van der Waals surface area contributed by atoms with E-state index in [1.54, 1.807) is 0 Å². The zero-order valence-corrected chi connectivity index (χ0v) is 34.9. The molecule has 0 spiro atoms. The van der Waals surface area contributed by atoms with Gasteiger partial charge >= 0.3 is 0 Å². The fourth-order valence-corrected chi connectivity index (χ4v) is 11.0. The molecule has 13 aromatic rings. The Kier molecular flexibility index (Phi) is 8.12. The first-order valence-electron chi connectivity index (χ1n) is 21.5. The van der Waals surface area contributed by atoms with Gasteiger partial charge in [-0.2, -0.15) is 0 Å². The SMILES string of the molecule is c1ccc(-c2ccc(-c3ccc4c(c3)sc3c(-c5cc6c(oc7cccc(N(c8ccc9ccccc9c8)c8ccc9ccccc9c8)c76)c6ccccc56)cccc34)cc2)cc1. The Bertz CT molecular complexity index is 3840. The number of benzene rings is 11. The molecule has 13 rings (SSSR count). The molecule has 11 aromatic carbocycles. The minimum absolute atomic E-state index is 0.862. The molecule has 0 aliphatic rings. The fourth-order valence-electron chi connectivity index (χ4n) is 9.77. The molecule has 294 valence electrons. The molecule has 0 aliphatic carbocycles. The van der Waals surface area contributed by atoms with Crippen molar-refractivity contribution in [1.82, 2.24) is 0 Å². The Morgan fingerprint density at radius 3 is 1.67 bits per heavy atom. The molecule has 2 heterocycles. The number of nitrogens with zero attached hydrogens (tertiary/aromatic N) is 1. The lowest BCUT2D eigenvalue weighted by Crippen LogP contribution is -2.10. The molecule has 0 amide bonds. The lowest BCUT2D eigenvalue weighted by Gasteiger charge is -2.27. The smallest absolute Gasteiger partial charge is 0.143 e. The van der Waals surface area contributed by atoms with Crippen molar-refractivity contribution in [3.63, 3.8) is 0 Å². The summed E-state index contributed by atoms with van der Waals surface area (Å²) in [4.78, 5) is 2.41. The quantitative estimate of drug-likeness (QED) is 0.166. The predicted octanol–water partition coefficient (Wildman–Crippen LogP) is 17.9. The first-order chi connectivity index (χ1) is 31.2. The predicted molar refractivity (Wildman–Crippen MR) is 270 cm³/mol. The molecule has 0 N–H and O–H groups in total. The fraction of sp³-hybridized carbons (Fsp3) is 0. The lowest BCUT2D eigenvalue weighted by atomic mass is 9.94. The molecule has 2 aromatic heterocycles. The van der Waals surface area contributed by atoms with Crippen LogP contribution in [-0.4, -0.2) is 0 Å². The summed E-state index contributed by atoms with van der Waals surface area (Å²) in [5.41, 5.74) is 12.3. The molecule has 3 heteroatoms. The van der Waals surface area contributed by atoms with Gasteiger partial charge in [0, 0.05) is 47.9 Å². The maximum Gasteiger partial charge on any atom is 0.143 e. The summed E-state index contributed by atoms with van der Waals surface area (Å²) in [6.45, 7) is 0. The van der Waals surface area contributed by atoms with Crippen LogP contribution in [0.5, 0.6) is 0 Å². The molecule has 0 aliphatic heterocycles. The Morgan fingerprint density at radius 1 is 0.349 bits per heavy atom. The Labute approximate surface area is 368 Å². The van der Waals surface area contributed by atoms with Gasteiger partial charge in [0.05, 0.1) is 11.1 Å². The normalized spacial score (nSPS) is 11.8. The Balaban J connectivity index is 1.01. The Morgan fingerprint density at radius 2 is 0.937 bits per heavy atom. The first-order valence-corrected chi connectivity index (χ1v) is 22.3. The van der Waals surface area contributed by atoms with E-state index in [1.165, 1.54) is 80.5 Å². The molecular formula is C60H37NOS. The minimum atomic E-state index is 0.862. The highest BCUT2D eigenvalue weighted by Gasteiger charge is 2.23. The highest BCUT2D eigenvalue weighted by Crippen LogP contribution is 2.49. The second kappa shape index (κ2) is 14.3. The Hall–Kier alpha value is -7.98. The molecule has 0 atom stereocenters. The van der Waals surface area contributed by atoms with Crippen LogP contribution in [0, 0.1) is 0 Å². The van der Waals surface area contributed by atoms with Crippen molar-refractivity contribution in [3.05, 3.63) is 224 Å². The summed E-state index contributed by atoms with van der Waals surface area (Å²) < 4.78 is 9.53. The zero-order chi connectivity index (χ0) is 41.4. The monoisotopic (exact) mass is 819 g/mol. The zero-order valence-electron chi connectivity index (χ0n) is 34.1. The third kappa shape index (κ3) is 5.85. The van der Waals surface area contributed by atoms with Gasteiger partial charge in [-0.15, -0.1) is 11.3 Å². The molecule has 0 radical (unpaired) electrons. The number of hydrogen-bond donors (Lipinski definition) is 0. The van der Waals surface area contributed by atoms with Gasteiger partial charge in [-0.3, -0.25) is 0 Å². The lowest BCUT2D eigenvalue weighted by molar-refractivity contribution is 0.672. The van der Waals surface area contributed by atoms with Crippen LogP contribution in [-0.2, 0) is 0 Å². The van der Waals surface area contributed by atoms with E-state index >= 15 is 0 Å². The van der Waals surface area contributed by atoms with Crippen molar-refractivity contribution in [1.29, 1.82) is 0 Å². The number of anilines is 3. The van der Waals surface area contributed by atoms with Crippen molar-refractivity contribution >= 4 is 103 Å². The van der Waals surface area contributed by atoms with Crippen LogP contribution in [0.2, 0.25) is 0 Å². The first kappa shape index (κ1) is 35.7. The number of furan rings is 1. The van der Waals surface area contributed by atoms with Crippen LogP contribution in [0.1, 0.15) is 0 Å². The van der Waals surface area contributed by atoms with Crippen LogP contribution in [0.15, 0.2) is 229 Å². The number of rotatable bonds is 6. The number of thiophene rings is 1. The molecule has 0 fully saturated rings. The van der Waals surface area contributed by atoms with Gasteiger partial charge in [-0.05, 0) is 103 Å². The minimum Gasteiger partial charge on any atom is -0.455 e. The van der Waals surface area contributed by atoms with Crippen molar-refractivity contribution in [2.45, 2.75) is 0 Å². The summed E-state index contributed by atoms with van der Waals surface area (Å²) in [5, 5.41) is 11.9. The van der Waals surface area contributed by atoms with E-state index in [0.717, 1.165) is 44.4 Å². The largest absolute Gasteiger partial charge is 0.455 e. The maximum absolute atomic E-state index is 6.96. The van der Waals surface area contributed by atoms with Crippen molar-refractivity contribution in [3.8, 4) is 33.4 Å². The van der Waals surface area contributed by atoms with E-state index in [1.807, 2.05) is 11.3 Å². The van der Waals surface area contributed by atoms with E-state index in [4.69, 9.17) is 4.42 Å². The van der Waals surface area contributed by atoms with Gasteiger partial charge in [-0.1, -0.05) is 176 Å². The van der Waals surface area contributed by atoms with Gasteiger partial charge < -0.3 is 9.32 Å². The maximum atomic E-state index is 6.96. The van der Waals surface area contributed by atoms with Gasteiger partial charge in [0.2, 0.25) is 0 Å². The van der Waals surface area contributed by atoms with E-state index < -0.39 is 0 Å². The molecule has 0 unspecified atom stereocenters. The van der Waals surface area contributed by atoms with E-state index in [9.17, 15) is 0 Å². The molecule has 0 saturated carbocycles. The second-order valence-electron chi connectivity index (χ2n) is 16.4. The molecular weight excluding hydrogens is 783 g/mol. The van der Waals surface area contributed by atoms with Gasteiger partial charge in [0.15, 0.2) is 0 Å². The molecule has 0 saturated heterocycles. The highest BCUT2D eigenvalue weighted by molar-refractivity contribution is 7.26. The van der Waals surface area contributed by atoms with Crippen LogP contribution in [0.3, 0.4) is 0 Å². The third-order valence-corrected chi connectivity index (χ3v) is 14.0. The van der Waals surface area contributed by atoms with Gasteiger partial charge in [0.25, 0.3) is 0 Å². The van der Waals surface area contributed by atoms with E-state index in [0.29, 0.717) is 0 Å². The summed E-state index contributed by atoms with van der Waals surface area (Å²) in [6.07, 6.45) is 0. The summed E-state index contributed by atoms with van der Waals surface area (Å²) in [6, 6.07) is 81.6. The average molecular weight is 820 g/mol. The van der Waals surface area contributed by atoms with Gasteiger partial charge in [0.1, 0.15) is 11.2 Å². The standard InChI is InChI=1S/C60H37NOS/c1-2-12-38(13-3-1)41-24-26-42(27-25-41)45-30-33-49-51-20-10-21-52(60(51)63-57(49)36-45)53-37-54-58-55(22-11-23-56(58)62-59(54)50-19-9-8-18-48(50)53)61(46-31-28-39-14-4-6-16-43(39)34-46)47-32-29-40-15-5-7-17-44(40)35-47/h1-37H. The van der Waals surface area contributed by atoms with Crippen molar-refractivity contribution in [2.24, 2.45) is 0 Å². The number of fused-ring (bicyclic) bond motifs is 10. The summed E-state index contributed by atoms with van der Waals surface area (Å²) in [7, 11) is 0. The van der Waals surface area contributed by atoms with Crippen LogP contribution in [0.25, 0.3) is 108 Å². The summed E-state index contributed by atoms with van der Waals surface area (Å²) >= 11 is 1.88. The van der Waals surface area contributed by atoms with Crippen molar-refractivity contribution in [2.75, 3.05) is 4.90 Å². The van der Waals surface area contributed by atoms with E-state index in [2.05, 4.69) is 229 Å². The van der Waals surface area contributed by atoms with Gasteiger partial charge in [-0.25, -0.2) is 0 Å². The molecule has 63 heavy (non-hydrogen) atoms. The highest BCUT2D eigenvalue weighted by atomic mass is 32.1. The molecule has 0 bridgehead atoms. The molecule has 2 nitrogen and oxygen atoms in total. The summed E-state index contributed by atoms with van der Waals surface area (Å²) in [5.74, 6) is 0. The number of hydrogen-bond acceptors (Lipinski definition) is 3. The second-order valence-corrected chi connectivity index (χ2v) is 17.5. The third-order valence-electron chi connectivity index (χ3n) is 12.8. The van der Waals surface area contributed by atoms with Crippen molar-refractivity contribution < 1.29 is 4.42 Å². The van der Waals surface area contributed by atoms with Crippen LogP contribution < -0.4 is 4.90 Å². The van der Waals surface area contributed by atoms with E-state index in [-0.39, 0.29) is 0 Å². The average Bonchev–Trinajstić information content (AvgIpc) is 3.93.